The van der Waals surface area contributed by atoms with Crippen LogP contribution in [-0.4, -0.2) is 10.2 Å². The molecule has 0 atom stereocenters. The quantitative estimate of drug-likeness (QED) is 0.768. The van der Waals surface area contributed by atoms with E-state index in [0.29, 0.717) is 9.99 Å². The molecule has 0 aliphatic carbocycles. The first-order valence-electron chi connectivity index (χ1n) is 3.45. The van der Waals surface area contributed by atoms with Crippen molar-refractivity contribution in [2.75, 3.05) is 0 Å². The van der Waals surface area contributed by atoms with Gasteiger partial charge in [-0.2, -0.15) is 10.4 Å². The Morgan fingerprint density at radius 3 is 3.00 bits per heavy atom. The Kier molecular flexibility index (Phi) is 1.78. The highest BCUT2D eigenvalue weighted by molar-refractivity contribution is 9.10. The molecule has 0 saturated carbocycles. The van der Waals surface area contributed by atoms with Crippen LogP contribution in [0.4, 0.5) is 4.39 Å². The summed E-state index contributed by atoms with van der Waals surface area (Å²) >= 11 is 3.14. The summed E-state index contributed by atoms with van der Waals surface area (Å²) in [5.41, 5.74) is 0.600. The summed E-state index contributed by atoms with van der Waals surface area (Å²) in [5.74, 6) is -0.449. The fourth-order valence-electron chi connectivity index (χ4n) is 1.16. The van der Waals surface area contributed by atoms with E-state index in [9.17, 15) is 4.39 Å². The number of nitrogens with one attached hydrogen (secondary N) is 1. The second kappa shape index (κ2) is 2.82. The number of aromatic nitrogens is 2. The number of rotatable bonds is 0. The fraction of sp³-hybridized carbons (Fsp3) is 0. The number of H-pyrrole nitrogens is 1. The first kappa shape index (κ1) is 8.20. The number of aromatic amines is 1. The monoisotopic (exact) mass is 239 g/mol. The molecule has 2 rings (SSSR count). The molecule has 0 fully saturated rings. The van der Waals surface area contributed by atoms with Crippen LogP contribution < -0.4 is 0 Å². The molecule has 0 spiro atoms. The average molecular weight is 240 g/mol. The van der Waals surface area contributed by atoms with Crippen LogP contribution in [0.2, 0.25) is 0 Å². The van der Waals surface area contributed by atoms with E-state index in [0.717, 1.165) is 0 Å². The molecule has 5 heteroatoms. The first-order chi connectivity index (χ1) is 6.22. The second-order valence-corrected chi connectivity index (χ2v) is 3.41. The van der Waals surface area contributed by atoms with Crippen molar-refractivity contribution in [3.05, 3.63) is 28.1 Å². The highest BCUT2D eigenvalue weighted by atomic mass is 79.9. The molecule has 0 bridgehead atoms. The number of benzene rings is 1. The van der Waals surface area contributed by atoms with Crippen LogP contribution in [0.5, 0.6) is 0 Å². The Bertz CT molecular complexity index is 512. The van der Waals surface area contributed by atoms with Gasteiger partial charge >= 0.3 is 0 Å². The molecule has 1 aromatic carbocycles. The molecule has 64 valence electrons. The molecule has 1 aromatic heterocycles. The van der Waals surface area contributed by atoms with Crippen LogP contribution >= 0.6 is 15.9 Å². The van der Waals surface area contributed by atoms with Gasteiger partial charge in [0.05, 0.1) is 10.9 Å². The van der Waals surface area contributed by atoms with Gasteiger partial charge in [-0.25, -0.2) is 4.39 Å². The third-order valence-electron chi connectivity index (χ3n) is 1.69. The zero-order valence-electron chi connectivity index (χ0n) is 6.31. The lowest BCUT2D eigenvalue weighted by atomic mass is 10.2. The molecule has 2 aromatic rings. The van der Waals surface area contributed by atoms with Crippen molar-refractivity contribution in [1.29, 1.82) is 5.26 Å². The largest absolute Gasteiger partial charge is 0.276 e. The minimum Gasteiger partial charge on any atom is -0.276 e. The SMILES string of the molecule is N#Cc1n[nH]c2cc(Br)cc(F)c12. The maximum atomic E-state index is 13.3. The van der Waals surface area contributed by atoms with Crippen LogP contribution in [0, 0.1) is 17.1 Å². The van der Waals surface area contributed by atoms with Gasteiger partial charge in [-0.3, -0.25) is 5.10 Å². The van der Waals surface area contributed by atoms with Gasteiger partial charge in [-0.1, -0.05) is 15.9 Å². The van der Waals surface area contributed by atoms with E-state index in [4.69, 9.17) is 5.26 Å². The van der Waals surface area contributed by atoms with Crippen LogP contribution in [0.15, 0.2) is 16.6 Å². The van der Waals surface area contributed by atoms with E-state index in [1.54, 1.807) is 6.07 Å². The molecule has 3 nitrogen and oxygen atoms in total. The van der Waals surface area contributed by atoms with Crippen molar-refractivity contribution in [3.8, 4) is 6.07 Å². The van der Waals surface area contributed by atoms with E-state index >= 15 is 0 Å². The van der Waals surface area contributed by atoms with E-state index in [1.165, 1.54) is 6.07 Å². The van der Waals surface area contributed by atoms with Crippen LogP contribution in [0.1, 0.15) is 5.69 Å². The average Bonchev–Trinajstić information content (AvgIpc) is 2.47. The Morgan fingerprint density at radius 2 is 2.31 bits per heavy atom. The predicted octanol–water partition coefficient (Wildman–Crippen LogP) is 2.34. The summed E-state index contributed by atoms with van der Waals surface area (Å²) in [6, 6.07) is 4.79. The molecule has 1 N–H and O–H groups in total. The maximum absolute atomic E-state index is 13.3. The number of halogens is 2. The third kappa shape index (κ3) is 1.19. The van der Waals surface area contributed by atoms with Gasteiger partial charge in [-0.05, 0) is 12.1 Å². The van der Waals surface area contributed by atoms with E-state index in [2.05, 4.69) is 26.1 Å². The zero-order valence-corrected chi connectivity index (χ0v) is 7.89. The smallest absolute Gasteiger partial charge is 0.173 e. The molecule has 13 heavy (non-hydrogen) atoms. The molecule has 0 amide bonds. The van der Waals surface area contributed by atoms with Crippen molar-refractivity contribution in [3.63, 3.8) is 0 Å². The molecule has 0 saturated heterocycles. The molecule has 0 aliphatic heterocycles. The summed E-state index contributed by atoms with van der Waals surface area (Å²) in [7, 11) is 0. The predicted molar refractivity (Wildman–Crippen MR) is 48.5 cm³/mol. The lowest BCUT2D eigenvalue weighted by Crippen LogP contribution is -1.79. The highest BCUT2D eigenvalue weighted by Gasteiger charge is 2.10. The lowest BCUT2D eigenvalue weighted by Gasteiger charge is -1.93. The Balaban J connectivity index is 2.92. The number of nitrogens with zero attached hydrogens (tertiary/aromatic N) is 2. The number of hydrogen-bond donors (Lipinski definition) is 1. The van der Waals surface area contributed by atoms with Gasteiger partial charge in [0.15, 0.2) is 5.69 Å². The van der Waals surface area contributed by atoms with Gasteiger partial charge in [0, 0.05) is 4.47 Å². The van der Waals surface area contributed by atoms with E-state index in [1.807, 2.05) is 6.07 Å². The summed E-state index contributed by atoms with van der Waals surface area (Å²) in [6.45, 7) is 0. The maximum Gasteiger partial charge on any atom is 0.173 e. The summed E-state index contributed by atoms with van der Waals surface area (Å²) in [6.07, 6.45) is 0. The van der Waals surface area contributed by atoms with Crippen molar-refractivity contribution in [1.82, 2.24) is 10.2 Å². The zero-order chi connectivity index (χ0) is 9.42. The Labute approximate surface area is 81.3 Å². The van der Waals surface area contributed by atoms with Crippen LogP contribution in [0.25, 0.3) is 10.9 Å². The van der Waals surface area contributed by atoms with Crippen LogP contribution in [-0.2, 0) is 0 Å². The standard InChI is InChI=1S/C8H3BrFN3/c9-4-1-5(10)8-6(2-4)12-13-7(8)3-11/h1-2H,(H,12,13). The minimum absolute atomic E-state index is 0.0833. The fourth-order valence-corrected chi connectivity index (χ4v) is 1.59. The summed E-state index contributed by atoms with van der Waals surface area (Å²) < 4.78 is 13.9. The number of hydrogen-bond acceptors (Lipinski definition) is 2. The van der Waals surface area contributed by atoms with Gasteiger partial charge in [-0.15, -0.1) is 0 Å². The van der Waals surface area contributed by atoms with Crippen molar-refractivity contribution < 1.29 is 4.39 Å². The lowest BCUT2D eigenvalue weighted by molar-refractivity contribution is 0.639. The van der Waals surface area contributed by atoms with Crippen molar-refractivity contribution in [2.45, 2.75) is 0 Å². The van der Waals surface area contributed by atoms with Crippen molar-refractivity contribution >= 4 is 26.8 Å². The topological polar surface area (TPSA) is 52.5 Å². The normalized spacial score (nSPS) is 10.2. The number of nitriles is 1. The van der Waals surface area contributed by atoms with Gasteiger partial charge in [0.25, 0.3) is 0 Å². The third-order valence-corrected chi connectivity index (χ3v) is 2.14. The molecular weight excluding hydrogens is 237 g/mol. The van der Waals surface area contributed by atoms with E-state index in [-0.39, 0.29) is 11.1 Å². The number of fused-ring (bicyclic) bond motifs is 1. The van der Waals surface area contributed by atoms with Gasteiger partial charge < -0.3 is 0 Å². The molecule has 0 unspecified atom stereocenters. The molecular formula is C8H3BrFN3. The van der Waals surface area contributed by atoms with Gasteiger partial charge in [0.2, 0.25) is 0 Å². The van der Waals surface area contributed by atoms with Crippen molar-refractivity contribution in [2.24, 2.45) is 0 Å². The Hall–Kier alpha value is -1.41. The summed E-state index contributed by atoms with van der Waals surface area (Å²) in [4.78, 5) is 0. The van der Waals surface area contributed by atoms with Gasteiger partial charge in [0.1, 0.15) is 11.9 Å². The summed E-state index contributed by atoms with van der Waals surface area (Å²) in [5, 5.41) is 15.1. The second-order valence-electron chi connectivity index (χ2n) is 2.49. The first-order valence-corrected chi connectivity index (χ1v) is 4.25. The molecule has 0 aliphatic rings. The molecule has 0 radical (unpaired) electrons. The Morgan fingerprint density at radius 1 is 1.54 bits per heavy atom. The molecule has 1 heterocycles. The highest BCUT2D eigenvalue weighted by Crippen LogP contribution is 2.23. The van der Waals surface area contributed by atoms with Crippen LogP contribution in [0.3, 0.4) is 0 Å². The van der Waals surface area contributed by atoms with E-state index < -0.39 is 5.82 Å². The minimum atomic E-state index is -0.449.